The summed E-state index contributed by atoms with van der Waals surface area (Å²) in [5.41, 5.74) is 4.16. The summed E-state index contributed by atoms with van der Waals surface area (Å²) in [6.07, 6.45) is 0.756. The smallest absolute Gasteiger partial charge is 0.376 e. The van der Waals surface area contributed by atoms with Gasteiger partial charge in [-0.05, 0) is 62.9 Å². The van der Waals surface area contributed by atoms with Crippen molar-refractivity contribution < 1.29 is 13.2 Å². The van der Waals surface area contributed by atoms with Crippen LogP contribution in [0.4, 0.5) is 24.7 Å². The molecule has 1 aromatic carbocycles. The lowest BCUT2D eigenvalue weighted by Crippen LogP contribution is -2.44. The third-order valence-corrected chi connectivity index (χ3v) is 6.64. The van der Waals surface area contributed by atoms with Gasteiger partial charge in [0.1, 0.15) is 5.69 Å². The van der Waals surface area contributed by atoms with Gasteiger partial charge in [-0.25, -0.2) is 0 Å². The van der Waals surface area contributed by atoms with Gasteiger partial charge in [0.05, 0.1) is 11.3 Å². The molecule has 184 valence electrons. The third-order valence-electron chi connectivity index (χ3n) is 6.64. The predicted molar refractivity (Wildman–Crippen MR) is 133 cm³/mol. The zero-order chi connectivity index (χ0) is 25.2. The van der Waals surface area contributed by atoms with Crippen LogP contribution in [0.1, 0.15) is 40.8 Å². The molecule has 1 aliphatic heterocycles. The molecular formula is C26H34F3N5. The van der Waals surface area contributed by atoms with Crippen LogP contribution in [0.25, 0.3) is 5.70 Å². The van der Waals surface area contributed by atoms with Gasteiger partial charge in [0.2, 0.25) is 0 Å². The van der Waals surface area contributed by atoms with Crippen molar-refractivity contribution >= 4 is 17.2 Å². The van der Waals surface area contributed by atoms with Crippen molar-refractivity contribution in [2.45, 2.75) is 45.8 Å². The van der Waals surface area contributed by atoms with E-state index >= 15 is 0 Å². The van der Waals surface area contributed by atoms with E-state index in [2.05, 4.69) is 21.7 Å². The van der Waals surface area contributed by atoms with Crippen molar-refractivity contribution in [2.24, 2.45) is 0 Å². The summed E-state index contributed by atoms with van der Waals surface area (Å²) in [6, 6.07) is 4.75. The van der Waals surface area contributed by atoms with Crippen LogP contribution in [-0.2, 0) is 6.18 Å². The number of aryl methyl sites for hydroxylation is 1. The minimum Gasteiger partial charge on any atom is -0.376 e. The molecule has 3 rings (SSSR count). The van der Waals surface area contributed by atoms with Crippen molar-refractivity contribution in [1.82, 2.24) is 15.1 Å². The van der Waals surface area contributed by atoms with Crippen LogP contribution in [-0.4, -0.2) is 55.4 Å². The van der Waals surface area contributed by atoms with Crippen LogP contribution in [0.5, 0.6) is 0 Å². The molecule has 1 aromatic heterocycles. The van der Waals surface area contributed by atoms with Gasteiger partial charge in [0, 0.05) is 46.0 Å². The van der Waals surface area contributed by atoms with E-state index < -0.39 is 11.7 Å². The molecule has 5 nitrogen and oxygen atoms in total. The quantitative estimate of drug-likeness (QED) is 0.510. The van der Waals surface area contributed by atoms with Gasteiger partial charge in [-0.2, -0.15) is 13.2 Å². The number of benzene rings is 1. The highest BCUT2D eigenvalue weighted by molar-refractivity contribution is 5.67. The molecular weight excluding hydrogens is 439 g/mol. The molecule has 2 aromatic rings. The summed E-state index contributed by atoms with van der Waals surface area (Å²) in [5.74, 6) is 0.808. The second-order valence-corrected chi connectivity index (χ2v) is 9.15. The van der Waals surface area contributed by atoms with Crippen molar-refractivity contribution in [3.63, 3.8) is 0 Å². The molecule has 0 bridgehead atoms. The van der Waals surface area contributed by atoms with Crippen molar-refractivity contribution in [2.75, 3.05) is 44.0 Å². The summed E-state index contributed by atoms with van der Waals surface area (Å²) < 4.78 is 40.9. The van der Waals surface area contributed by atoms with E-state index in [1.54, 1.807) is 25.1 Å². The first-order valence-corrected chi connectivity index (χ1v) is 11.5. The molecule has 1 saturated heterocycles. The number of hydrogen-bond acceptors (Lipinski definition) is 5. The van der Waals surface area contributed by atoms with Crippen LogP contribution in [0.15, 0.2) is 36.9 Å². The lowest BCUT2D eigenvalue weighted by Gasteiger charge is -2.39. The molecule has 0 amide bonds. The minimum absolute atomic E-state index is 0.173. The first kappa shape index (κ1) is 25.6. The van der Waals surface area contributed by atoms with Crippen LogP contribution in [0.3, 0.4) is 0 Å². The summed E-state index contributed by atoms with van der Waals surface area (Å²) >= 11 is 0. The lowest BCUT2D eigenvalue weighted by molar-refractivity contribution is -0.137. The maximum absolute atomic E-state index is 13.6. The highest BCUT2D eigenvalue weighted by atomic mass is 19.4. The van der Waals surface area contributed by atoms with Gasteiger partial charge in [-0.3, -0.25) is 0 Å². The number of nitrogens with zero attached hydrogens (tertiary/aromatic N) is 5. The summed E-state index contributed by atoms with van der Waals surface area (Å²) in [5, 5.41) is 9.06. The number of piperidine rings is 1. The van der Waals surface area contributed by atoms with E-state index in [4.69, 9.17) is 0 Å². The van der Waals surface area contributed by atoms with Crippen LogP contribution >= 0.6 is 0 Å². The average molecular weight is 474 g/mol. The Labute approximate surface area is 200 Å². The molecule has 1 aliphatic rings. The maximum Gasteiger partial charge on any atom is 0.418 e. The first-order valence-electron chi connectivity index (χ1n) is 11.5. The Morgan fingerprint density at radius 3 is 2.26 bits per heavy atom. The Balaban J connectivity index is 1.79. The van der Waals surface area contributed by atoms with Crippen molar-refractivity contribution in [3.05, 3.63) is 64.9 Å². The molecule has 34 heavy (non-hydrogen) atoms. The molecule has 0 N–H and O–H groups in total. The Morgan fingerprint density at radius 2 is 1.71 bits per heavy atom. The van der Waals surface area contributed by atoms with Crippen molar-refractivity contribution in [1.29, 1.82) is 0 Å². The standard InChI is InChI=1S/C26H34F3N5/c1-8-9-23(32(5)6)24-18(3)19(4)25(31-30-24)33(7)20-12-14-34(15-13-20)22-11-10-17(2)16-21(22)26(27,28)29/h8-11,16,20H,1,12-15H2,2-7H3/b23-9-. The van der Waals surface area contributed by atoms with Crippen molar-refractivity contribution in [3.8, 4) is 0 Å². The van der Waals surface area contributed by atoms with E-state index in [-0.39, 0.29) is 11.7 Å². The molecule has 0 radical (unpaired) electrons. The second-order valence-electron chi connectivity index (χ2n) is 9.15. The number of alkyl halides is 3. The maximum atomic E-state index is 13.6. The number of halogens is 3. The van der Waals surface area contributed by atoms with Crippen LogP contribution in [0.2, 0.25) is 0 Å². The molecule has 0 atom stereocenters. The molecule has 0 saturated carbocycles. The molecule has 0 unspecified atom stereocenters. The Bertz CT molecular complexity index is 1070. The summed E-state index contributed by atoms with van der Waals surface area (Å²) in [6.45, 7) is 10.7. The summed E-state index contributed by atoms with van der Waals surface area (Å²) in [4.78, 5) is 5.96. The number of rotatable bonds is 6. The SMILES string of the molecule is C=C/C=C(/c1nnc(N(C)C2CCN(c3ccc(C)cc3C(F)(F)F)CC2)c(C)c1C)N(C)C. The largest absolute Gasteiger partial charge is 0.418 e. The number of aromatic nitrogens is 2. The molecule has 0 spiro atoms. The fraction of sp³-hybridized carbons (Fsp3) is 0.462. The minimum atomic E-state index is -4.37. The topological polar surface area (TPSA) is 35.5 Å². The highest BCUT2D eigenvalue weighted by Crippen LogP contribution is 2.38. The summed E-state index contributed by atoms with van der Waals surface area (Å²) in [7, 11) is 5.91. The molecule has 2 heterocycles. The third kappa shape index (κ3) is 5.21. The predicted octanol–water partition coefficient (Wildman–Crippen LogP) is 5.61. The van der Waals surface area contributed by atoms with Gasteiger partial charge in [0.25, 0.3) is 0 Å². The fourth-order valence-electron chi connectivity index (χ4n) is 4.54. The van der Waals surface area contributed by atoms with E-state index in [1.807, 2.05) is 50.9 Å². The Hall–Kier alpha value is -3.03. The normalized spacial score (nSPS) is 15.4. The van der Waals surface area contributed by atoms with Gasteiger partial charge < -0.3 is 14.7 Å². The van der Waals surface area contributed by atoms with Gasteiger partial charge in [-0.1, -0.05) is 24.3 Å². The Morgan fingerprint density at radius 1 is 1.06 bits per heavy atom. The fourth-order valence-corrected chi connectivity index (χ4v) is 4.54. The lowest BCUT2D eigenvalue weighted by atomic mass is 9.99. The average Bonchev–Trinajstić information content (AvgIpc) is 2.78. The van der Waals surface area contributed by atoms with E-state index in [0.717, 1.165) is 41.2 Å². The van der Waals surface area contributed by atoms with Crippen LogP contribution in [0, 0.1) is 20.8 Å². The van der Waals surface area contributed by atoms with Gasteiger partial charge in [-0.15, -0.1) is 10.2 Å². The Kier molecular flexibility index (Phi) is 7.58. The van der Waals surface area contributed by atoms with E-state index in [9.17, 15) is 13.2 Å². The number of allylic oxidation sites excluding steroid dienone is 2. The van der Waals surface area contributed by atoms with Gasteiger partial charge >= 0.3 is 6.18 Å². The first-order chi connectivity index (χ1) is 16.0. The van der Waals surface area contributed by atoms with E-state index in [0.29, 0.717) is 18.7 Å². The highest BCUT2D eigenvalue weighted by Gasteiger charge is 2.36. The van der Waals surface area contributed by atoms with Gasteiger partial charge in [0.15, 0.2) is 5.82 Å². The second kappa shape index (κ2) is 10.1. The number of anilines is 2. The monoisotopic (exact) mass is 473 g/mol. The zero-order valence-electron chi connectivity index (χ0n) is 20.9. The molecule has 1 fully saturated rings. The number of hydrogen-bond donors (Lipinski definition) is 0. The molecule has 0 aliphatic carbocycles. The van der Waals surface area contributed by atoms with E-state index in [1.165, 1.54) is 6.07 Å². The molecule has 8 heteroatoms. The zero-order valence-corrected chi connectivity index (χ0v) is 20.9. The van der Waals surface area contributed by atoms with Crippen LogP contribution < -0.4 is 9.80 Å².